The first-order valence-electron chi connectivity index (χ1n) is 8.25. The Balaban J connectivity index is 1.53. The van der Waals surface area contributed by atoms with E-state index in [-0.39, 0.29) is 12.5 Å². The van der Waals surface area contributed by atoms with E-state index < -0.39 is 11.7 Å². The number of amides is 1. The summed E-state index contributed by atoms with van der Waals surface area (Å²) in [5, 5.41) is 0.566. The second-order valence-corrected chi connectivity index (χ2v) is 6.74. The largest absolute Gasteiger partial charge is 0.484 e. The van der Waals surface area contributed by atoms with Crippen LogP contribution in [0.1, 0.15) is 11.1 Å². The lowest BCUT2D eigenvalue weighted by Gasteiger charge is -2.18. The van der Waals surface area contributed by atoms with Gasteiger partial charge in [0.05, 0.1) is 12.1 Å². The number of benzene rings is 2. The van der Waals surface area contributed by atoms with Gasteiger partial charge in [-0.3, -0.25) is 14.7 Å². The Morgan fingerprint density at radius 1 is 1.11 bits per heavy atom. The quantitative estimate of drug-likeness (QED) is 0.763. The molecule has 0 fully saturated rings. The van der Waals surface area contributed by atoms with Crippen molar-refractivity contribution in [1.82, 2.24) is 4.90 Å². The minimum atomic E-state index is -4.34. The molecule has 27 heavy (non-hydrogen) atoms. The first-order valence-corrected chi connectivity index (χ1v) is 9.23. The van der Waals surface area contributed by atoms with Crippen LogP contribution in [0.5, 0.6) is 5.75 Å². The molecule has 1 aliphatic heterocycles. The van der Waals surface area contributed by atoms with Crippen LogP contribution in [0.3, 0.4) is 0 Å². The van der Waals surface area contributed by atoms with E-state index in [9.17, 15) is 18.0 Å². The van der Waals surface area contributed by atoms with E-state index in [0.717, 1.165) is 17.7 Å². The zero-order valence-corrected chi connectivity index (χ0v) is 15.1. The molecule has 0 aliphatic carbocycles. The van der Waals surface area contributed by atoms with Crippen molar-refractivity contribution in [1.29, 1.82) is 0 Å². The first-order chi connectivity index (χ1) is 12.9. The summed E-state index contributed by atoms with van der Waals surface area (Å²) < 4.78 is 43.3. The fourth-order valence-corrected chi connectivity index (χ4v) is 3.48. The van der Waals surface area contributed by atoms with Gasteiger partial charge in [-0.15, -0.1) is 0 Å². The maximum Gasteiger partial charge on any atom is 0.416 e. The summed E-state index contributed by atoms with van der Waals surface area (Å²) in [6.07, 6.45) is -4.34. The highest BCUT2D eigenvalue weighted by molar-refractivity contribution is 8.13. The van der Waals surface area contributed by atoms with Gasteiger partial charge in [0.15, 0.2) is 11.8 Å². The Kier molecular flexibility index (Phi) is 6.05. The topological polar surface area (TPSA) is 41.9 Å². The van der Waals surface area contributed by atoms with E-state index >= 15 is 0 Å². The summed E-state index contributed by atoms with van der Waals surface area (Å²) >= 11 is 1.33. The highest BCUT2D eigenvalue weighted by Crippen LogP contribution is 2.30. The lowest BCUT2D eigenvalue weighted by atomic mass is 10.1. The third-order valence-electron chi connectivity index (χ3n) is 3.86. The number of rotatable bonds is 5. The molecule has 4 nitrogen and oxygen atoms in total. The van der Waals surface area contributed by atoms with Gasteiger partial charge in [-0.05, 0) is 29.8 Å². The smallest absolute Gasteiger partial charge is 0.416 e. The fourth-order valence-electron chi connectivity index (χ4n) is 2.46. The number of nitrogens with zero attached hydrogens (tertiary/aromatic N) is 2. The van der Waals surface area contributed by atoms with Gasteiger partial charge in [0, 0.05) is 12.3 Å². The zero-order chi connectivity index (χ0) is 19.3. The predicted octanol–water partition coefficient (Wildman–Crippen LogP) is 4.22. The fraction of sp³-hybridized carbons (Fsp3) is 0.263. The van der Waals surface area contributed by atoms with Gasteiger partial charge in [0.1, 0.15) is 5.75 Å². The zero-order valence-electron chi connectivity index (χ0n) is 14.3. The summed E-state index contributed by atoms with van der Waals surface area (Å²) in [5.41, 5.74) is 0.0554. The Hall–Kier alpha value is -2.48. The number of ether oxygens (including phenoxy) is 1. The highest BCUT2D eigenvalue weighted by atomic mass is 32.2. The molecule has 0 saturated heterocycles. The summed E-state index contributed by atoms with van der Waals surface area (Å²) in [4.78, 5) is 18.2. The Morgan fingerprint density at radius 2 is 1.81 bits per heavy atom. The van der Waals surface area contributed by atoms with E-state index in [1.165, 1.54) is 23.9 Å². The molecule has 0 atom stereocenters. The number of amidine groups is 1. The second-order valence-electron chi connectivity index (χ2n) is 5.79. The minimum absolute atomic E-state index is 0.0934. The van der Waals surface area contributed by atoms with E-state index in [2.05, 4.69) is 4.99 Å². The summed E-state index contributed by atoms with van der Waals surface area (Å²) in [5.74, 6) is 0.844. The molecule has 0 unspecified atom stereocenters. The summed E-state index contributed by atoms with van der Waals surface area (Å²) in [6, 6.07) is 14.0. The molecular formula is C19H17F3N2O2S. The van der Waals surface area contributed by atoms with Gasteiger partial charge < -0.3 is 4.74 Å². The number of halogens is 3. The standard InChI is InChI=1S/C19H17F3N2O2S/c20-19(21,22)15-8-6-14(7-9-15)13-27-18-23-10-11-24(18)17(25)12-26-16-4-2-1-3-5-16/h1-9H,10-13H2. The van der Waals surface area contributed by atoms with Gasteiger partial charge in [-0.1, -0.05) is 42.1 Å². The van der Waals surface area contributed by atoms with Gasteiger partial charge in [0.25, 0.3) is 5.91 Å². The average Bonchev–Trinajstić information content (AvgIpc) is 3.13. The molecule has 0 radical (unpaired) electrons. The van der Waals surface area contributed by atoms with Crippen LogP contribution in [0.15, 0.2) is 59.6 Å². The van der Waals surface area contributed by atoms with E-state index in [1.54, 1.807) is 17.0 Å². The third-order valence-corrected chi connectivity index (χ3v) is 4.94. The maximum absolute atomic E-state index is 12.6. The van der Waals surface area contributed by atoms with Gasteiger partial charge in [-0.2, -0.15) is 13.2 Å². The second kappa shape index (κ2) is 8.47. The number of aliphatic imine (C=N–C) groups is 1. The van der Waals surface area contributed by atoms with Crippen molar-refractivity contribution in [2.45, 2.75) is 11.9 Å². The lowest BCUT2D eigenvalue weighted by molar-refractivity contribution is -0.137. The summed E-state index contributed by atoms with van der Waals surface area (Å²) in [7, 11) is 0. The van der Waals surface area contributed by atoms with Crippen molar-refractivity contribution in [3.8, 4) is 5.75 Å². The van der Waals surface area contributed by atoms with Crippen LogP contribution in [0.4, 0.5) is 13.2 Å². The van der Waals surface area contributed by atoms with Crippen molar-refractivity contribution in [2.24, 2.45) is 4.99 Å². The maximum atomic E-state index is 12.6. The van der Waals surface area contributed by atoms with Crippen LogP contribution in [0, 0.1) is 0 Å². The predicted molar refractivity (Wildman–Crippen MR) is 98.7 cm³/mol. The van der Waals surface area contributed by atoms with E-state index in [1.807, 2.05) is 18.2 Å². The van der Waals surface area contributed by atoms with Gasteiger partial charge >= 0.3 is 6.18 Å². The number of carbonyl (C=O) groups excluding carboxylic acids is 1. The number of carbonyl (C=O) groups is 1. The van der Waals surface area contributed by atoms with Crippen LogP contribution in [-0.4, -0.2) is 35.7 Å². The average molecular weight is 394 g/mol. The molecule has 1 heterocycles. The van der Waals surface area contributed by atoms with Crippen molar-refractivity contribution >= 4 is 22.8 Å². The van der Waals surface area contributed by atoms with Crippen LogP contribution < -0.4 is 4.74 Å². The normalized spacial score (nSPS) is 14.2. The monoisotopic (exact) mass is 394 g/mol. The first kappa shape index (κ1) is 19.3. The van der Waals surface area contributed by atoms with Crippen molar-refractivity contribution in [3.63, 3.8) is 0 Å². The van der Waals surface area contributed by atoms with Crippen molar-refractivity contribution in [2.75, 3.05) is 19.7 Å². The molecule has 0 saturated carbocycles. The van der Waals surface area contributed by atoms with Crippen molar-refractivity contribution in [3.05, 3.63) is 65.7 Å². The third kappa shape index (κ3) is 5.26. The lowest BCUT2D eigenvalue weighted by Crippen LogP contribution is -2.36. The highest BCUT2D eigenvalue weighted by Gasteiger charge is 2.30. The molecule has 0 bridgehead atoms. The molecule has 1 amide bonds. The van der Waals surface area contributed by atoms with Crippen molar-refractivity contribution < 1.29 is 22.7 Å². The van der Waals surface area contributed by atoms with Gasteiger partial charge in [0.2, 0.25) is 0 Å². The summed E-state index contributed by atoms with van der Waals surface area (Å²) in [6.45, 7) is 0.891. The molecule has 0 aromatic heterocycles. The van der Waals surface area contributed by atoms with Crippen LogP contribution in [-0.2, 0) is 16.7 Å². The van der Waals surface area contributed by atoms with Crippen LogP contribution in [0.25, 0.3) is 0 Å². The molecule has 0 N–H and O–H groups in total. The number of para-hydroxylation sites is 1. The molecule has 142 valence electrons. The SMILES string of the molecule is O=C(COc1ccccc1)N1CCN=C1SCc1ccc(C(F)(F)F)cc1. The van der Waals surface area contributed by atoms with Gasteiger partial charge in [-0.25, -0.2) is 0 Å². The minimum Gasteiger partial charge on any atom is -0.484 e. The molecule has 2 aromatic carbocycles. The van der Waals surface area contributed by atoms with E-state index in [4.69, 9.17) is 4.74 Å². The van der Waals surface area contributed by atoms with E-state index in [0.29, 0.717) is 29.8 Å². The number of thioether (sulfide) groups is 1. The number of hydrogen-bond donors (Lipinski definition) is 0. The molecular weight excluding hydrogens is 377 g/mol. The number of hydrogen-bond acceptors (Lipinski definition) is 4. The molecule has 1 aliphatic rings. The molecule has 3 rings (SSSR count). The van der Waals surface area contributed by atoms with Crippen LogP contribution >= 0.6 is 11.8 Å². The molecule has 0 spiro atoms. The Labute approximate surface area is 159 Å². The Bertz CT molecular complexity index is 808. The Morgan fingerprint density at radius 3 is 2.48 bits per heavy atom. The molecule has 2 aromatic rings. The number of alkyl halides is 3. The molecule has 8 heteroatoms. The van der Waals surface area contributed by atoms with Crippen LogP contribution in [0.2, 0.25) is 0 Å².